The molecule has 0 heterocycles. The SMILES string of the molecule is CC(C)P(=[Se])([Se][Se]P(=[Se])(C(C)C)C(C)C)C(C)C. The molecule has 0 nitrogen and oxygen atoms in total. The van der Waals surface area contributed by atoms with Gasteiger partial charge in [-0.1, -0.05) is 0 Å². The van der Waals surface area contributed by atoms with Crippen molar-refractivity contribution < 1.29 is 0 Å². The molecule has 0 saturated heterocycles. The molecule has 0 aliphatic carbocycles. The van der Waals surface area contributed by atoms with Crippen LogP contribution in [0.1, 0.15) is 55.4 Å². The van der Waals surface area contributed by atoms with Gasteiger partial charge in [0.25, 0.3) is 0 Å². The van der Waals surface area contributed by atoms with E-state index in [0.717, 1.165) is 48.0 Å². The first-order chi connectivity index (χ1) is 7.98. The molecule has 0 N–H and O–H groups in total. The van der Waals surface area contributed by atoms with Gasteiger partial charge >= 0.3 is 142 Å². The van der Waals surface area contributed by atoms with Gasteiger partial charge in [0.1, 0.15) is 0 Å². The molecule has 0 radical (unpaired) electrons. The molecule has 0 aromatic rings. The van der Waals surface area contributed by atoms with Crippen molar-refractivity contribution in [2.75, 3.05) is 0 Å². The molecule has 18 heavy (non-hydrogen) atoms. The molecule has 0 aromatic heterocycles. The van der Waals surface area contributed by atoms with Crippen molar-refractivity contribution in [3.8, 4) is 0 Å². The van der Waals surface area contributed by atoms with Crippen LogP contribution in [0.25, 0.3) is 0 Å². The molecule has 0 amide bonds. The van der Waals surface area contributed by atoms with Crippen molar-refractivity contribution >= 4 is 64.0 Å². The van der Waals surface area contributed by atoms with Gasteiger partial charge in [0.15, 0.2) is 0 Å². The van der Waals surface area contributed by atoms with Crippen LogP contribution in [-0.2, 0) is 0 Å². The fraction of sp³-hybridized carbons (Fsp3) is 1.00. The van der Waals surface area contributed by atoms with Gasteiger partial charge in [0.2, 0.25) is 0 Å². The monoisotopic (exact) mass is 554 g/mol. The number of hydrogen-bond donors (Lipinski definition) is 0. The summed E-state index contributed by atoms with van der Waals surface area (Å²) in [5.41, 5.74) is 3.47. The van der Waals surface area contributed by atoms with E-state index in [1.807, 2.05) is 0 Å². The summed E-state index contributed by atoms with van der Waals surface area (Å²) in [6.07, 6.45) is 0. The summed E-state index contributed by atoms with van der Waals surface area (Å²) >= 11 is 9.11. The van der Waals surface area contributed by atoms with Crippen molar-refractivity contribution in [2.45, 2.75) is 78.0 Å². The maximum absolute atomic E-state index is 3.70. The van der Waals surface area contributed by atoms with E-state index >= 15 is 0 Å². The Morgan fingerprint density at radius 1 is 0.556 bits per heavy atom. The van der Waals surface area contributed by atoms with Gasteiger partial charge in [-0.2, -0.15) is 0 Å². The van der Waals surface area contributed by atoms with Crippen molar-refractivity contribution in [1.29, 1.82) is 0 Å². The minimum atomic E-state index is -0.816. The Kier molecular flexibility index (Phi) is 9.93. The molecule has 0 spiro atoms. The normalized spacial score (nSPS) is 14.2. The molecular weight excluding hydrogens is 522 g/mol. The van der Waals surface area contributed by atoms with Crippen LogP contribution in [0.5, 0.6) is 0 Å². The predicted octanol–water partition coefficient (Wildman–Crippen LogP) is 3.98. The topological polar surface area (TPSA) is 0 Å². The molecule has 110 valence electrons. The quantitative estimate of drug-likeness (QED) is 0.333. The van der Waals surface area contributed by atoms with Crippen LogP contribution in [0.2, 0.25) is 0 Å². The molecule has 0 bridgehead atoms. The van der Waals surface area contributed by atoms with Crippen LogP contribution in [0, 0.1) is 0 Å². The maximum atomic E-state index is 3.70. The first kappa shape index (κ1) is 20.9. The van der Waals surface area contributed by atoms with Crippen LogP contribution < -0.4 is 0 Å². The Bertz CT molecular complexity index is 290. The van der Waals surface area contributed by atoms with Gasteiger partial charge in [-0.15, -0.1) is 0 Å². The second-order valence-electron chi connectivity index (χ2n) is 5.81. The summed E-state index contributed by atoms with van der Waals surface area (Å²) in [5.74, 6) is 0. The average molecular weight is 550 g/mol. The first-order valence-electron chi connectivity index (χ1n) is 6.55. The Hall–Kier alpha value is 2.94. The third kappa shape index (κ3) is 5.29. The molecule has 6 heteroatoms. The molecule has 0 rings (SSSR count). The average Bonchev–Trinajstić information content (AvgIpc) is 2.23. The summed E-state index contributed by atoms with van der Waals surface area (Å²) in [4.78, 5) is 0. The van der Waals surface area contributed by atoms with Crippen LogP contribution in [0.15, 0.2) is 0 Å². The summed E-state index contributed by atoms with van der Waals surface area (Å²) in [7, 11) is 0. The molecule has 0 aliphatic rings. The van der Waals surface area contributed by atoms with Gasteiger partial charge in [-0.3, -0.25) is 0 Å². The van der Waals surface area contributed by atoms with Crippen LogP contribution in [0.3, 0.4) is 0 Å². The van der Waals surface area contributed by atoms with E-state index in [0.29, 0.717) is 0 Å². The van der Waals surface area contributed by atoms with E-state index < -0.39 is 8.40 Å². The summed E-state index contributed by atoms with van der Waals surface area (Å²) < 4.78 is -1.63. The molecule has 0 saturated carbocycles. The molecule has 0 unspecified atom stereocenters. The second kappa shape index (κ2) is 8.54. The zero-order valence-corrected chi connectivity index (χ0v) is 21.5. The Balaban J connectivity index is 5.03. The number of rotatable bonds is 7. The van der Waals surface area contributed by atoms with Crippen LogP contribution in [0.4, 0.5) is 0 Å². The minimum absolute atomic E-state index is 0.816. The Labute approximate surface area is 141 Å². The summed E-state index contributed by atoms with van der Waals surface area (Å²) in [6.45, 7) is 19.5. The summed E-state index contributed by atoms with van der Waals surface area (Å²) in [6, 6.07) is 0. The third-order valence-electron chi connectivity index (χ3n) is 3.15. The fourth-order valence-corrected chi connectivity index (χ4v) is 84.5. The van der Waals surface area contributed by atoms with Crippen molar-refractivity contribution in [3.05, 3.63) is 0 Å². The zero-order valence-electron chi connectivity index (χ0n) is 12.8. The van der Waals surface area contributed by atoms with Gasteiger partial charge in [0, 0.05) is 0 Å². The van der Waals surface area contributed by atoms with E-state index in [4.69, 9.17) is 0 Å². The van der Waals surface area contributed by atoms with E-state index in [1.54, 1.807) is 0 Å². The van der Waals surface area contributed by atoms with Gasteiger partial charge in [-0.25, -0.2) is 0 Å². The number of hydrogen-bond acceptors (Lipinski definition) is 0. The predicted molar refractivity (Wildman–Crippen MR) is 97.4 cm³/mol. The first-order valence-corrected chi connectivity index (χ1v) is 23.6. The van der Waals surface area contributed by atoms with Gasteiger partial charge in [0.05, 0.1) is 0 Å². The second-order valence-corrected chi connectivity index (χ2v) is 46.7. The van der Waals surface area contributed by atoms with E-state index in [9.17, 15) is 0 Å². The van der Waals surface area contributed by atoms with Gasteiger partial charge < -0.3 is 0 Å². The standard InChI is InChI=1S/C12H28P2Se4/c1-9(2)13(15,10(3)4)17-18-14(16,11(5)6)12(7)8/h9-12H,1-8H3. The van der Waals surface area contributed by atoms with E-state index in [-0.39, 0.29) is 0 Å². The van der Waals surface area contributed by atoms with E-state index in [2.05, 4.69) is 85.6 Å². The fourth-order valence-electron chi connectivity index (χ4n) is 1.64. The Morgan fingerprint density at radius 2 is 0.722 bits per heavy atom. The molecule has 0 aromatic carbocycles. The molecular formula is C12H28P2Se4. The molecule has 0 aliphatic heterocycles. The summed E-state index contributed by atoms with van der Waals surface area (Å²) in [5, 5.41) is 0. The van der Waals surface area contributed by atoms with Crippen LogP contribution in [-0.4, -0.2) is 78.2 Å². The zero-order chi connectivity index (χ0) is 14.7. The Morgan fingerprint density at radius 3 is 0.833 bits per heavy atom. The molecule has 0 atom stereocenters. The van der Waals surface area contributed by atoms with Crippen molar-refractivity contribution in [2.24, 2.45) is 0 Å². The van der Waals surface area contributed by atoms with E-state index in [1.165, 1.54) is 0 Å². The third-order valence-corrected chi connectivity index (χ3v) is 77.5. The van der Waals surface area contributed by atoms with Crippen LogP contribution >= 0.6 is 8.40 Å². The van der Waals surface area contributed by atoms with Crippen molar-refractivity contribution in [3.63, 3.8) is 0 Å². The molecule has 0 fully saturated rings. The van der Waals surface area contributed by atoms with Gasteiger partial charge in [-0.05, 0) is 0 Å². The van der Waals surface area contributed by atoms with Crippen molar-refractivity contribution in [1.82, 2.24) is 0 Å².